The molecule has 110 valence electrons. The van der Waals surface area contributed by atoms with Crippen LogP contribution in [0, 0.1) is 0 Å². The zero-order valence-electron chi connectivity index (χ0n) is 13.1. The van der Waals surface area contributed by atoms with E-state index in [0.717, 1.165) is 11.4 Å². The summed E-state index contributed by atoms with van der Waals surface area (Å²) in [5.41, 5.74) is 3.03. The van der Waals surface area contributed by atoms with Gasteiger partial charge in [-0.2, -0.15) is 0 Å². The molecule has 0 heterocycles. The van der Waals surface area contributed by atoms with E-state index >= 15 is 0 Å². The van der Waals surface area contributed by atoms with Gasteiger partial charge in [-0.25, -0.2) is 4.79 Å². The number of urea groups is 1. The number of carbonyl (C=O) groups excluding carboxylic acids is 1. The highest BCUT2D eigenvalue weighted by atomic mass is 16.2. The molecule has 3 heteroatoms. The molecule has 0 aliphatic carbocycles. The Labute approximate surface area is 126 Å². The summed E-state index contributed by atoms with van der Waals surface area (Å²) < 4.78 is 0. The van der Waals surface area contributed by atoms with Crippen LogP contribution < -0.4 is 10.2 Å². The third-order valence-electron chi connectivity index (χ3n) is 3.45. The number of nitrogens with one attached hydrogen (secondary N) is 1. The first-order valence-corrected chi connectivity index (χ1v) is 7.08. The molecule has 21 heavy (non-hydrogen) atoms. The molecule has 0 saturated carbocycles. The largest absolute Gasteiger partial charge is 0.326 e. The topological polar surface area (TPSA) is 32.3 Å². The number of amides is 2. The van der Waals surface area contributed by atoms with Gasteiger partial charge in [0.15, 0.2) is 0 Å². The number of hydrogen-bond donors (Lipinski definition) is 1. The molecule has 2 rings (SSSR count). The number of rotatable bonds is 2. The molecule has 0 radical (unpaired) electrons. The molecule has 2 amide bonds. The summed E-state index contributed by atoms with van der Waals surface area (Å²) in [4.78, 5) is 13.8. The van der Waals surface area contributed by atoms with Crippen LogP contribution in [0.15, 0.2) is 54.6 Å². The van der Waals surface area contributed by atoms with Crippen LogP contribution in [0.2, 0.25) is 0 Å². The first-order chi connectivity index (χ1) is 9.88. The monoisotopic (exact) mass is 282 g/mol. The average Bonchev–Trinajstić information content (AvgIpc) is 2.47. The van der Waals surface area contributed by atoms with Crippen molar-refractivity contribution in [2.75, 3.05) is 17.3 Å². The van der Waals surface area contributed by atoms with Gasteiger partial charge < -0.3 is 5.32 Å². The van der Waals surface area contributed by atoms with Crippen molar-refractivity contribution >= 4 is 17.4 Å². The molecule has 0 fully saturated rings. The lowest BCUT2D eigenvalue weighted by molar-refractivity contribution is 0.258. The van der Waals surface area contributed by atoms with Crippen LogP contribution in [-0.2, 0) is 5.41 Å². The molecule has 0 saturated heterocycles. The molecule has 0 bridgehead atoms. The number of hydrogen-bond acceptors (Lipinski definition) is 1. The summed E-state index contributed by atoms with van der Waals surface area (Å²) in [5, 5.41) is 2.91. The lowest BCUT2D eigenvalue weighted by atomic mass is 9.87. The Morgan fingerprint density at radius 1 is 0.952 bits per heavy atom. The van der Waals surface area contributed by atoms with Crippen molar-refractivity contribution in [2.24, 2.45) is 0 Å². The van der Waals surface area contributed by atoms with Crippen LogP contribution in [0.1, 0.15) is 26.3 Å². The number of para-hydroxylation sites is 1. The minimum Gasteiger partial charge on any atom is -0.308 e. The molecule has 3 nitrogen and oxygen atoms in total. The minimum absolute atomic E-state index is 0.114. The molecule has 0 spiro atoms. The van der Waals surface area contributed by atoms with E-state index < -0.39 is 0 Å². The Balaban J connectivity index is 2.06. The van der Waals surface area contributed by atoms with Gasteiger partial charge >= 0.3 is 6.03 Å². The number of anilines is 2. The highest BCUT2D eigenvalue weighted by molar-refractivity contribution is 6.01. The summed E-state index contributed by atoms with van der Waals surface area (Å²) in [5.74, 6) is 0. The molecule has 0 unspecified atom stereocenters. The minimum atomic E-state index is -0.148. The van der Waals surface area contributed by atoms with E-state index in [1.54, 1.807) is 11.9 Å². The van der Waals surface area contributed by atoms with Crippen LogP contribution in [0.3, 0.4) is 0 Å². The smallest absolute Gasteiger partial charge is 0.308 e. The first-order valence-electron chi connectivity index (χ1n) is 7.08. The Kier molecular flexibility index (Phi) is 4.32. The summed E-state index contributed by atoms with van der Waals surface area (Å²) in [7, 11) is 1.76. The standard InChI is InChI=1S/C18H22N2O/c1-18(2,3)14-10-12-15(13-11-14)19-17(21)20(4)16-8-6-5-7-9-16/h5-13H,1-4H3,(H,19,21). The molecule has 1 N–H and O–H groups in total. The highest BCUT2D eigenvalue weighted by Crippen LogP contribution is 2.23. The summed E-state index contributed by atoms with van der Waals surface area (Å²) in [6, 6.07) is 17.4. The Hall–Kier alpha value is -2.29. The molecular formula is C18H22N2O. The SMILES string of the molecule is CN(C(=O)Nc1ccc(C(C)(C)C)cc1)c1ccccc1. The van der Waals surface area contributed by atoms with Gasteiger partial charge in [0.25, 0.3) is 0 Å². The number of nitrogens with zero attached hydrogens (tertiary/aromatic N) is 1. The van der Waals surface area contributed by atoms with Gasteiger partial charge in [-0.1, -0.05) is 51.1 Å². The first kappa shape index (κ1) is 15.1. The van der Waals surface area contributed by atoms with E-state index in [9.17, 15) is 4.79 Å². The zero-order valence-corrected chi connectivity index (χ0v) is 13.1. The van der Waals surface area contributed by atoms with E-state index in [1.165, 1.54) is 5.56 Å². The van der Waals surface area contributed by atoms with Crippen LogP contribution in [0.25, 0.3) is 0 Å². The van der Waals surface area contributed by atoms with E-state index in [4.69, 9.17) is 0 Å². The van der Waals surface area contributed by atoms with E-state index in [0.29, 0.717) is 0 Å². The van der Waals surface area contributed by atoms with E-state index in [1.807, 2.05) is 42.5 Å². The quantitative estimate of drug-likeness (QED) is 0.854. The van der Waals surface area contributed by atoms with Crippen molar-refractivity contribution in [3.8, 4) is 0 Å². The number of carbonyl (C=O) groups is 1. The van der Waals surface area contributed by atoms with Gasteiger partial charge in [-0.15, -0.1) is 0 Å². The molecule has 2 aromatic carbocycles. The Morgan fingerprint density at radius 2 is 1.52 bits per heavy atom. The second-order valence-electron chi connectivity index (χ2n) is 6.15. The van der Waals surface area contributed by atoms with Gasteiger partial charge in [0.2, 0.25) is 0 Å². The second kappa shape index (κ2) is 6.00. The van der Waals surface area contributed by atoms with Gasteiger partial charge in [-0.05, 0) is 35.2 Å². The molecule has 0 aromatic heterocycles. The van der Waals surface area contributed by atoms with Gasteiger partial charge in [-0.3, -0.25) is 4.90 Å². The van der Waals surface area contributed by atoms with Crippen molar-refractivity contribution in [1.82, 2.24) is 0 Å². The predicted octanol–water partition coefficient (Wildman–Crippen LogP) is 4.65. The van der Waals surface area contributed by atoms with Crippen molar-refractivity contribution in [3.05, 3.63) is 60.2 Å². The van der Waals surface area contributed by atoms with Crippen LogP contribution in [0.4, 0.5) is 16.2 Å². The van der Waals surface area contributed by atoms with Gasteiger partial charge in [0, 0.05) is 18.4 Å². The van der Waals surface area contributed by atoms with Crippen LogP contribution >= 0.6 is 0 Å². The molecular weight excluding hydrogens is 260 g/mol. The fraction of sp³-hybridized carbons (Fsp3) is 0.278. The molecule has 2 aromatic rings. The maximum atomic E-state index is 12.2. The van der Waals surface area contributed by atoms with Crippen molar-refractivity contribution in [2.45, 2.75) is 26.2 Å². The Bertz CT molecular complexity index is 597. The Morgan fingerprint density at radius 3 is 2.05 bits per heavy atom. The molecule has 0 aliphatic heterocycles. The van der Waals surface area contributed by atoms with Gasteiger partial charge in [0.05, 0.1) is 0 Å². The van der Waals surface area contributed by atoms with Crippen LogP contribution in [0.5, 0.6) is 0 Å². The fourth-order valence-corrected chi connectivity index (χ4v) is 2.03. The lowest BCUT2D eigenvalue weighted by Crippen LogP contribution is -2.31. The average molecular weight is 282 g/mol. The summed E-state index contributed by atoms with van der Waals surface area (Å²) in [6.45, 7) is 6.51. The van der Waals surface area contributed by atoms with Gasteiger partial charge in [0.1, 0.15) is 0 Å². The number of benzene rings is 2. The van der Waals surface area contributed by atoms with Crippen molar-refractivity contribution in [1.29, 1.82) is 0 Å². The zero-order chi connectivity index (χ0) is 15.5. The second-order valence-corrected chi connectivity index (χ2v) is 6.15. The lowest BCUT2D eigenvalue weighted by Gasteiger charge is -2.20. The highest BCUT2D eigenvalue weighted by Gasteiger charge is 2.14. The molecule has 0 aliphatic rings. The van der Waals surface area contributed by atoms with E-state index in [-0.39, 0.29) is 11.4 Å². The summed E-state index contributed by atoms with van der Waals surface area (Å²) in [6.07, 6.45) is 0. The van der Waals surface area contributed by atoms with E-state index in [2.05, 4.69) is 38.2 Å². The third-order valence-corrected chi connectivity index (χ3v) is 3.45. The summed E-state index contributed by atoms with van der Waals surface area (Å²) >= 11 is 0. The predicted molar refractivity (Wildman–Crippen MR) is 89.0 cm³/mol. The maximum absolute atomic E-state index is 12.2. The third kappa shape index (κ3) is 3.85. The fourth-order valence-electron chi connectivity index (χ4n) is 2.03. The van der Waals surface area contributed by atoms with Crippen molar-refractivity contribution in [3.63, 3.8) is 0 Å². The molecule has 0 atom stereocenters. The van der Waals surface area contributed by atoms with Crippen molar-refractivity contribution < 1.29 is 4.79 Å². The maximum Gasteiger partial charge on any atom is 0.326 e. The van der Waals surface area contributed by atoms with Crippen LogP contribution in [-0.4, -0.2) is 13.1 Å². The normalized spacial score (nSPS) is 11.0.